The van der Waals surface area contributed by atoms with Gasteiger partial charge in [0.25, 0.3) is 0 Å². The summed E-state index contributed by atoms with van der Waals surface area (Å²) in [7, 11) is 0. The van der Waals surface area contributed by atoms with Crippen molar-refractivity contribution in [2.45, 2.75) is 58.2 Å². The van der Waals surface area contributed by atoms with E-state index in [9.17, 15) is 4.79 Å². The molecule has 1 aliphatic rings. The second kappa shape index (κ2) is 7.19. The Morgan fingerprint density at radius 2 is 2.08 bits per heavy atom. The maximum Gasteiger partial charge on any atom is 0.410 e. The van der Waals surface area contributed by atoms with E-state index < -0.39 is 5.60 Å². The Balaban J connectivity index is 2.11. The standard InChI is InChI=1S/C15H23Cl2N5O2/c1-8(19-12-10(18)11(16)20-13(17)21-12)9-6-5-7-22(9)14(23)24-15(2,3)4/h8-9H,5-7,18H2,1-4H3,(H,19,20,21). The molecule has 134 valence electrons. The number of amides is 1. The molecule has 1 saturated heterocycles. The fourth-order valence-corrected chi connectivity index (χ4v) is 3.08. The van der Waals surface area contributed by atoms with Crippen LogP contribution in [-0.2, 0) is 4.74 Å². The molecule has 1 fully saturated rings. The van der Waals surface area contributed by atoms with Crippen LogP contribution in [0.15, 0.2) is 0 Å². The number of nitrogens with zero attached hydrogens (tertiary/aromatic N) is 3. The van der Waals surface area contributed by atoms with Gasteiger partial charge < -0.3 is 20.7 Å². The van der Waals surface area contributed by atoms with Gasteiger partial charge in [0.2, 0.25) is 5.28 Å². The topological polar surface area (TPSA) is 93.4 Å². The molecule has 2 rings (SSSR count). The summed E-state index contributed by atoms with van der Waals surface area (Å²) in [5, 5.41) is 3.30. The van der Waals surface area contributed by atoms with E-state index >= 15 is 0 Å². The number of halogens is 2. The number of aromatic nitrogens is 2. The molecule has 0 saturated carbocycles. The van der Waals surface area contributed by atoms with Crippen LogP contribution in [0.1, 0.15) is 40.5 Å². The van der Waals surface area contributed by atoms with Crippen LogP contribution in [0.5, 0.6) is 0 Å². The fraction of sp³-hybridized carbons (Fsp3) is 0.667. The van der Waals surface area contributed by atoms with Gasteiger partial charge in [-0.05, 0) is 52.1 Å². The van der Waals surface area contributed by atoms with Gasteiger partial charge in [0.15, 0.2) is 11.0 Å². The second-order valence-electron chi connectivity index (χ2n) is 6.86. The molecule has 1 aromatic heterocycles. The highest BCUT2D eigenvalue weighted by Crippen LogP contribution is 2.29. The quantitative estimate of drug-likeness (QED) is 0.619. The third-order valence-electron chi connectivity index (χ3n) is 3.74. The molecule has 3 N–H and O–H groups in total. The lowest BCUT2D eigenvalue weighted by molar-refractivity contribution is 0.0216. The summed E-state index contributed by atoms with van der Waals surface area (Å²) in [4.78, 5) is 22.0. The Morgan fingerprint density at radius 1 is 1.42 bits per heavy atom. The first-order chi connectivity index (χ1) is 11.1. The highest BCUT2D eigenvalue weighted by Gasteiger charge is 2.35. The highest BCUT2D eigenvalue weighted by molar-refractivity contribution is 6.34. The van der Waals surface area contributed by atoms with Crippen molar-refractivity contribution in [3.8, 4) is 0 Å². The number of carbonyl (C=O) groups excluding carboxylic acids is 1. The number of hydrogen-bond donors (Lipinski definition) is 2. The Kier molecular flexibility index (Phi) is 5.65. The van der Waals surface area contributed by atoms with Crippen molar-refractivity contribution in [3.63, 3.8) is 0 Å². The van der Waals surface area contributed by atoms with Crippen molar-refractivity contribution in [2.24, 2.45) is 0 Å². The molecular weight excluding hydrogens is 353 g/mol. The molecule has 2 unspecified atom stereocenters. The predicted molar refractivity (Wildman–Crippen MR) is 95.5 cm³/mol. The second-order valence-corrected chi connectivity index (χ2v) is 7.56. The van der Waals surface area contributed by atoms with Gasteiger partial charge in [0.1, 0.15) is 11.3 Å². The summed E-state index contributed by atoms with van der Waals surface area (Å²) in [6.45, 7) is 8.17. The maximum atomic E-state index is 12.4. The zero-order valence-electron chi connectivity index (χ0n) is 14.3. The van der Waals surface area contributed by atoms with Gasteiger partial charge in [-0.3, -0.25) is 0 Å². The first-order valence-electron chi connectivity index (χ1n) is 7.83. The van der Waals surface area contributed by atoms with E-state index in [4.69, 9.17) is 33.7 Å². The lowest BCUT2D eigenvalue weighted by Crippen LogP contribution is -2.46. The lowest BCUT2D eigenvalue weighted by Gasteiger charge is -2.32. The molecule has 7 nitrogen and oxygen atoms in total. The summed E-state index contributed by atoms with van der Waals surface area (Å²) in [5.41, 5.74) is 5.60. The van der Waals surface area contributed by atoms with Crippen LogP contribution < -0.4 is 11.1 Å². The van der Waals surface area contributed by atoms with Crippen LogP contribution in [-0.4, -0.2) is 45.2 Å². The molecule has 0 aliphatic carbocycles. The Bertz CT molecular complexity index is 621. The van der Waals surface area contributed by atoms with E-state index in [-0.39, 0.29) is 34.3 Å². The summed E-state index contributed by atoms with van der Waals surface area (Å²) >= 11 is 11.8. The third kappa shape index (κ3) is 4.54. The summed E-state index contributed by atoms with van der Waals surface area (Å²) < 4.78 is 5.48. The van der Waals surface area contributed by atoms with E-state index in [1.165, 1.54) is 0 Å². The smallest absolute Gasteiger partial charge is 0.410 e. The SMILES string of the molecule is CC(Nc1nc(Cl)nc(Cl)c1N)C1CCCN1C(=O)OC(C)(C)C. The van der Waals surface area contributed by atoms with E-state index in [0.29, 0.717) is 12.4 Å². The van der Waals surface area contributed by atoms with Gasteiger partial charge >= 0.3 is 6.09 Å². The van der Waals surface area contributed by atoms with Crippen LogP contribution in [0.3, 0.4) is 0 Å². The highest BCUT2D eigenvalue weighted by atomic mass is 35.5. The average Bonchev–Trinajstić information content (AvgIpc) is 2.91. The molecule has 0 spiro atoms. The molecule has 2 heterocycles. The monoisotopic (exact) mass is 375 g/mol. The lowest BCUT2D eigenvalue weighted by atomic mass is 10.1. The molecule has 2 atom stereocenters. The zero-order valence-corrected chi connectivity index (χ0v) is 15.8. The number of rotatable bonds is 3. The molecule has 1 amide bonds. The van der Waals surface area contributed by atoms with Gasteiger partial charge in [-0.15, -0.1) is 0 Å². The number of nitrogens with two attached hydrogens (primary N) is 1. The van der Waals surface area contributed by atoms with Gasteiger partial charge in [0, 0.05) is 12.6 Å². The molecule has 1 aliphatic heterocycles. The Labute approximate surface area is 151 Å². The van der Waals surface area contributed by atoms with Gasteiger partial charge in [-0.25, -0.2) is 9.78 Å². The van der Waals surface area contributed by atoms with E-state index in [1.54, 1.807) is 4.90 Å². The number of likely N-dealkylation sites (tertiary alicyclic amines) is 1. The zero-order chi connectivity index (χ0) is 18.1. The number of nitrogens with one attached hydrogen (secondary N) is 1. The van der Waals surface area contributed by atoms with Crippen LogP contribution in [0, 0.1) is 0 Å². The van der Waals surface area contributed by atoms with Crippen molar-refractivity contribution in [3.05, 3.63) is 10.4 Å². The van der Waals surface area contributed by atoms with E-state index in [2.05, 4.69) is 15.3 Å². The Morgan fingerprint density at radius 3 is 2.71 bits per heavy atom. The molecule has 24 heavy (non-hydrogen) atoms. The van der Waals surface area contributed by atoms with Crippen LogP contribution >= 0.6 is 23.2 Å². The molecule has 9 heteroatoms. The van der Waals surface area contributed by atoms with Crippen LogP contribution in [0.4, 0.5) is 16.3 Å². The number of nitrogen functional groups attached to an aromatic ring is 1. The van der Waals surface area contributed by atoms with Crippen LogP contribution in [0.25, 0.3) is 0 Å². The maximum absolute atomic E-state index is 12.4. The first-order valence-corrected chi connectivity index (χ1v) is 8.59. The normalized spacial score (nSPS) is 19.2. The van der Waals surface area contributed by atoms with Gasteiger partial charge in [-0.1, -0.05) is 11.6 Å². The largest absolute Gasteiger partial charge is 0.444 e. The number of carbonyl (C=O) groups is 1. The average molecular weight is 376 g/mol. The molecule has 0 aromatic carbocycles. The van der Waals surface area contributed by atoms with E-state index in [0.717, 1.165) is 12.8 Å². The van der Waals surface area contributed by atoms with Crippen molar-refractivity contribution in [1.82, 2.24) is 14.9 Å². The fourth-order valence-electron chi connectivity index (χ4n) is 2.70. The summed E-state index contributed by atoms with van der Waals surface area (Å²) in [6, 6.07) is -0.142. The number of hydrogen-bond acceptors (Lipinski definition) is 6. The predicted octanol–water partition coefficient (Wildman–Crippen LogP) is 3.57. The molecule has 0 bridgehead atoms. The molecular formula is C15H23Cl2N5O2. The van der Waals surface area contributed by atoms with Crippen molar-refractivity contribution in [2.75, 3.05) is 17.6 Å². The molecule has 1 aromatic rings. The first kappa shape index (κ1) is 18.9. The number of ether oxygens (including phenoxy) is 1. The van der Waals surface area contributed by atoms with E-state index in [1.807, 2.05) is 27.7 Å². The number of anilines is 2. The van der Waals surface area contributed by atoms with Crippen molar-refractivity contribution < 1.29 is 9.53 Å². The third-order valence-corrected chi connectivity index (χ3v) is 4.20. The summed E-state index contributed by atoms with van der Waals surface area (Å²) in [5.74, 6) is 0.364. The van der Waals surface area contributed by atoms with Crippen LogP contribution in [0.2, 0.25) is 10.4 Å². The minimum atomic E-state index is -0.529. The van der Waals surface area contributed by atoms with Gasteiger partial charge in [-0.2, -0.15) is 4.98 Å². The van der Waals surface area contributed by atoms with Gasteiger partial charge in [0.05, 0.1) is 6.04 Å². The minimum Gasteiger partial charge on any atom is -0.444 e. The van der Waals surface area contributed by atoms with Crippen molar-refractivity contribution in [1.29, 1.82) is 0 Å². The summed E-state index contributed by atoms with van der Waals surface area (Å²) in [6.07, 6.45) is 1.46. The molecule has 0 radical (unpaired) electrons. The van der Waals surface area contributed by atoms with Crippen molar-refractivity contribution >= 4 is 40.8 Å². The minimum absolute atomic E-state index is 0.0133. The Hall–Kier alpha value is -1.47.